The van der Waals surface area contributed by atoms with Crippen LogP contribution in [0.2, 0.25) is 0 Å². The van der Waals surface area contributed by atoms with Crippen molar-refractivity contribution in [2.24, 2.45) is 4.99 Å². The Labute approximate surface area is 133 Å². The molecule has 0 fully saturated rings. The number of hydrogen-bond acceptors (Lipinski definition) is 2. The molecule has 0 spiro atoms. The van der Waals surface area contributed by atoms with Crippen LogP contribution in [-0.2, 0) is 6.54 Å². The van der Waals surface area contributed by atoms with Crippen molar-refractivity contribution in [1.29, 1.82) is 0 Å². The lowest BCUT2D eigenvalue weighted by Crippen LogP contribution is -2.43. The second-order valence-electron chi connectivity index (χ2n) is 4.98. The highest BCUT2D eigenvalue weighted by Crippen LogP contribution is 2.19. The third kappa shape index (κ3) is 5.71. The van der Waals surface area contributed by atoms with Gasteiger partial charge < -0.3 is 10.6 Å². The summed E-state index contributed by atoms with van der Waals surface area (Å²) in [7, 11) is 1.72. The van der Waals surface area contributed by atoms with Gasteiger partial charge in [-0.15, -0.1) is 0 Å². The molecule has 1 rings (SSSR count). The highest BCUT2D eigenvalue weighted by molar-refractivity contribution is 9.10. The normalized spacial score (nSPS) is 12.4. The highest BCUT2D eigenvalue weighted by Gasteiger charge is 2.16. The summed E-state index contributed by atoms with van der Waals surface area (Å²) in [4.78, 5) is 4.17. The first-order chi connectivity index (χ1) is 9.38. The summed E-state index contributed by atoms with van der Waals surface area (Å²) < 4.78 is 14.2. The van der Waals surface area contributed by atoms with E-state index in [0.29, 0.717) is 12.5 Å². The van der Waals surface area contributed by atoms with E-state index >= 15 is 0 Å². The summed E-state index contributed by atoms with van der Waals surface area (Å²) in [5.41, 5.74) is 0.858. The van der Waals surface area contributed by atoms with E-state index in [1.807, 2.05) is 0 Å². The molecule has 0 aliphatic rings. The van der Waals surface area contributed by atoms with Gasteiger partial charge in [0.2, 0.25) is 0 Å². The van der Waals surface area contributed by atoms with Crippen LogP contribution >= 0.6 is 27.7 Å². The van der Waals surface area contributed by atoms with Crippen LogP contribution in [0, 0.1) is 5.82 Å². The SMILES string of the molecule is CN=C(NCc1cc(F)ccc1Br)NCC(C)(C)SC. The minimum atomic E-state index is -0.239. The molecule has 0 saturated carbocycles. The van der Waals surface area contributed by atoms with Crippen LogP contribution in [0.25, 0.3) is 0 Å². The second kappa shape index (κ2) is 7.88. The highest BCUT2D eigenvalue weighted by atomic mass is 79.9. The molecule has 0 aliphatic carbocycles. The molecule has 0 bridgehead atoms. The van der Waals surface area contributed by atoms with Crippen molar-refractivity contribution in [3.63, 3.8) is 0 Å². The zero-order valence-electron chi connectivity index (χ0n) is 12.3. The van der Waals surface area contributed by atoms with Crippen LogP contribution in [0.3, 0.4) is 0 Å². The fourth-order valence-corrected chi connectivity index (χ4v) is 2.05. The number of hydrogen-bond donors (Lipinski definition) is 2. The minimum absolute atomic E-state index is 0.136. The first-order valence-electron chi connectivity index (χ1n) is 6.31. The van der Waals surface area contributed by atoms with Crippen molar-refractivity contribution in [3.05, 3.63) is 34.1 Å². The van der Waals surface area contributed by atoms with E-state index in [9.17, 15) is 4.39 Å². The Bertz CT molecular complexity index is 477. The number of thioether (sulfide) groups is 1. The van der Waals surface area contributed by atoms with Crippen molar-refractivity contribution < 1.29 is 4.39 Å². The van der Waals surface area contributed by atoms with E-state index < -0.39 is 0 Å². The van der Waals surface area contributed by atoms with Crippen LogP contribution < -0.4 is 10.6 Å². The molecule has 0 aromatic heterocycles. The molecular weight excluding hydrogens is 341 g/mol. The van der Waals surface area contributed by atoms with Gasteiger partial charge in [0.1, 0.15) is 5.82 Å². The monoisotopic (exact) mass is 361 g/mol. The Balaban J connectivity index is 2.56. The van der Waals surface area contributed by atoms with Gasteiger partial charge >= 0.3 is 0 Å². The van der Waals surface area contributed by atoms with E-state index in [1.165, 1.54) is 12.1 Å². The number of nitrogens with zero attached hydrogens (tertiary/aromatic N) is 1. The standard InChI is InChI=1S/C14H21BrFN3S/c1-14(2,20-4)9-19-13(17-3)18-8-10-7-11(16)5-6-12(10)15/h5-7H,8-9H2,1-4H3,(H2,17,18,19). The van der Waals surface area contributed by atoms with Gasteiger partial charge in [0.25, 0.3) is 0 Å². The number of aliphatic imine (C=N–C) groups is 1. The summed E-state index contributed by atoms with van der Waals surface area (Å²) in [6.07, 6.45) is 2.09. The van der Waals surface area contributed by atoms with E-state index in [2.05, 4.69) is 51.7 Å². The molecule has 0 unspecified atom stereocenters. The fourth-order valence-electron chi connectivity index (χ4n) is 1.45. The zero-order chi connectivity index (χ0) is 15.2. The lowest BCUT2D eigenvalue weighted by molar-refractivity contribution is 0.623. The van der Waals surface area contributed by atoms with E-state index in [4.69, 9.17) is 0 Å². The molecule has 20 heavy (non-hydrogen) atoms. The van der Waals surface area contributed by atoms with Gasteiger partial charge in [-0.1, -0.05) is 15.9 Å². The number of halogens is 2. The lowest BCUT2D eigenvalue weighted by atomic mass is 10.2. The van der Waals surface area contributed by atoms with E-state index in [-0.39, 0.29) is 10.6 Å². The van der Waals surface area contributed by atoms with Crippen molar-refractivity contribution in [2.45, 2.75) is 25.1 Å². The van der Waals surface area contributed by atoms with Crippen LogP contribution in [0.4, 0.5) is 4.39 Å². The smallest absolute Gasteiger partial charge is 0.191 e. The summed E-state index contributed by atoms with van der Waals surface area (Å²) >= 11 is 5.21. The molecule has 0 aliphatic heterocycles. The molecule has 3 nitrogen and oxygen atoms in total. The summed E-state index contributed by atoms with van der Waals surface area (Å²) in [6, 6.07) is 4.65. The fraction of sp³-hybridized carbons (Fsp3) is 0.500. The van der Waals surface area contributed by atoms with Crippen molar-refractivity contribution in [3.8, 4) is 0 Å². The molecule has 112 valence electrons. The Morgan fingerprint density at radius 2 is 2.10 bits per heavy atom. The maximum atomic E-state index is 13.2. The lowest BCUT2D eigenvalue weighted by Gasteiger charge is -2.23. The molecule has 2 N–H and O–H groups in total. The first-order valence-corrected chi connectivity index (χ1v) is 8.33. The molecule has 0 heterocycles. The van der Waals surface area contributed by atoms with Gasteiger partial charge in [-0.3, -0.25) is 4.99 Å². The Kier molecular flexibility index (Phi) is 6.82. The summed E-state index contributed by atoms with van der Waals surface area (Å²) in [5, 5.41) is 6.46. The van der Waals surface area contributed by atoms with Crippen LogP contribution in [0.5, 0.6) is 0 Å². The first kappa shape index (κ1) is 17.3. The maximum absolute atomic E-state index is 13.2. The van der Waals surface area contributed by atoms with Gasteiger partial charge in [-0.25, -0.2) is 4.39 Å². The van der Waals surface area contributed by atoms with E-state index in [1.54, 1.807) is 24.9 Å². The molecule has 1 aromatic rings. The van der Waals surface area contributed by atoms with Crippen LogP contribution in [0.15, 0.2) is 27.7 Å². The molecule has 0 saturated heterocycles. The Hall–Kier alpha value is -0.750. The van der Waals surface area contributed by atoms with Crippen LogP contribution in [0.1, 0.15) is 19.4 Å². The average Bonchev–Trinajstić information content (AvgIpc) is 2.42. The quantitative estimate of drug-likeness (QED) is 0.623. The minimum Gasteiger partial charge on any atom is -0.355 e. The molecule has 0 amide bonds. The summed E-state index contributed by atoms with van der Waals surface area (Å²) in [5.74, 6) is 0.472. The second-order valence-corrected chi connectivity index (χ2v) is 7.35. The Morgan fingerprint density at radius 3 is 2.70 bits per heavy atom. The van der Waals surface area contributed by atoms with Crippen molar-refractivity contribution in [2.75, 3.05) is 19.8 Å². The number of guanidine groups is 1. The summed E-state index contributed by atoms with van der Waals surface area (Å²) in [6.45, 7) is 5.65. The van der Waals surface area contributed by atoms with Gasteiger partial charge in [-0.05, 0) is 43.9 Å². The van der Waals surface area contributed by atoms with Crippen molar-refractivity contribution in [1.82, 2.24) is 10.6 Å². The number of benzene rings is 1. The number of rotatable bonds is 5. The van der Waals surface area contributed by atoms with Crippen molar-refractivity contribution >= 4 is 33.7 Å². The van der Waals surface area contributed by atoms with Gasteiger partial charge in [-0.2, -0.15) is 11.8 Å². The molecule has 1 aromatic carbocycles. The predicted molar refractivity (Wildman–Crippen MR) is 89.9 cm³/mol. The predicted octanol–water partition coefficient (Wildman–Crippen LogP) is 3.39. The average molecular weight is 362 g/mol. The number of nitrogens with one attached hydrogen (secondary N) is 2. The maximum Gasteiger partial charge on any atom is 0.191 e. The molecule has 0 atom stereocenters. The molecule has 0 radical (unpaired) electrons. The molecule has 6 heteroatoms. The van der Waals surface area contributed by atoms with Gasteiger partial charge in [0.15, 0.2) is 5.96 Å². The topological polar surface area (TPSA) is 36.4 Å². The van der Waals surface area contributed by atoms with Gasteiger partial charge in [0.05, 0.1) is 0 Å². The largest absolute Gasteiger partial charge is 0.355 e. The zero-order valence-corrected chi connectivity index (χ0v) is 14.7. The third-order valence-corrected chi connectivity index (χ3v) is 4.93. The third-order valence-electron chi connectivity index (χ3n) is 2.91. The van der Waals surface area contributed by atoms with E-state index in [0.717, 1.165) is 16.6 Å². The molecular formula is C14H21BrFN3S. The Morgan fingerprint density at radius 1 is 1.40 bits per heavy atom. The van der Waals surface area contributed by atoms with Gasteiger partial charge in [0, 0.05) is 29.4 Å². The van der Waals surface area contributed by atoms with Crippen LogP contribution in [-0.4, -0.2) is 30.6 Å².